The topological polar surface area (TPSA) is 29.5 Å². The first-order valence-corrected chi connectivity index (χ1v) is 7.15. The Hall–Kier alpha value is -1.02. The molecule has 1 aromatic carbocycles. The second-order valence-corrected chi connectivity index (χ2v) is 5.87. The number of aliphatic hydroxyl groups excluding tert-OH is 1. The van der Waals surface area contributed by atoms with Gasteiger partial charge in [-0.15, -0.1) is 0 Å². The van der Waals surface area contributed by atoms with E-state index in [4.69, 9.17) is 4.74 Å². The van der Waals surface area contributed by atoms with Gasteiger partial charge < -0.3 is 9.84 Å². The summed E-state index contributed by atoms with van der Waals surface area (Å²) in [5.41, 5.74) is 1.28. The third-order valence-corrected chi connectivity index (χ3v) is 4.58. The summed E-state index contributed by atoms with van der Waals surface area (Å²) >= 11 is 0. The molecule has 2 heteroatoms. The Morgan fingerprint density at radius 2 is 2.06 bits per heavy atom. The average Bonchev–Trinajstić information content (AvgIpc) is 3.22. The van der Waals surface area contributed by atoms with E-state index in [0.29, 0.717) is 11.8 Å². The zero-order valence-corrected chi connectivity index (χ0v) is 11.0. The molecular weight excluding hydrogens is 224 g/mol. The van der Waals surface area contributed by atoms with Gasteiger partial charge in [0.05, 0.1) is 12.7 Å². The summed E-state index contributed by atoms with van der Waals surface area (Å²) < 4.78 is 5.67. The van der Waals surface area contributed by atoms with Gasteiger partial charge in [-0.2, -0.15) is 0 Å². The molecule has 1 heterocycles. The molecule has 1 aliphatic heterocycles. The van der Waals surface area contributed by atoms with E-state index in [2.05, 4.69) is 19.1 Å². The van der Waals surface area contributed by atoms with Crippen molar-refractivity contribution in [2.24, 2.45) is 11.8 Å². The Morgan fingerprint density at radius 1 is 1.28 bits per heavy atom. The molecule has 3 rings (SSSR count). The van der Waals surface area contributed by atoms with Crippen LogP contribution in [0, 0.1) is 11.8 Å². The molecule has 0 aromatic heterocycles. The fraction of sp³-hybridized carbons (Fsp3) is 0.625. The van der Waals surface area contributed by atoms with Crippen molar-refractivity contribution in [3.05, 3.63) is 29.8 Å². The summed E-state index contributed by atoms with van der Waals surface area (Å²) in [6, 6.07) is 8.27. The van der Waals surface area contributed by atoms with E-state index in [-0.39, 0.29) is 6.10 Å². The number of ether oxygens (including phenoxy) is 1. The van der Waals surface area contributed by atoms with Crippen molar-refractivity contribution >= 4 is 0 Å². The first kappa shape index (κ1) is 12.0. The van der Waals surface area contributed by atoms with E-state index in [9.17, 15) is 5.11 Å². The zero-order chi connectivity index (χ0) is 12.5. The Morgan fingerprint density at radius 3 is 2.83 bits per heavy atom. The predicted octanol–water partition coefficient (Wildman–Crippen LogP) is 3.35. The molecule has 1 aromatic rings. The van der Waals surface area contributed by atoms with Crippen molar-refractivity contribution in [1.29, 1.82) is 0 Å². The molecular formula is C16H22O2. The third kappa shape index (κ3) is 2.39. The van der Waals surface area contributed by atoms with Crippen LogP contribution in [0.2, 0.25) is 0 Å². The fourth-order valence-electron chi connectivity index (χ4n) is 3.10. The Labute approximate surface area is 109 Å². The minimum Gasteiger partial charge on any atom is -0.493 e. The smallest absolute Gasteiger partial charge is 0.122 e. The third-order valence-electron chi connectivity index (χ3n) is 4.58. The van der Waals surface area contributed by atoms with Crippen molar-refractivity contribution < 1.29 is 9.84 Å². The molecule has 2 nitrogen and oxygen atoms in total. The van der Waals surface area contributed by atoms with Crippen molar-refractivity contribution in [2.45, 2.75) is 44.6 Å². The van der Waals surface area contributed by atoms with E-state index >= 15 is 0 Å². The molecule has 2 aliphatic rings. The summed E-state index contributed by atoms with van der Waals surface area (Å²) in [6.45, 7) is 2.99. The van der Waals surface area contributed by atoms with Gasteiger partial charge in [-0.3, -0.25) is 0 Å². The minimum absolute atomic E-state index is 0.159. The number of fused-ring (bicyclic) bond motifs is 1. The lowest BCUT2D eigenvalue weighted by Crippen LogP contribution is -2.25. The predicted molar refractivity (Wildman–Crippen MR) is 71.8 cm³/mol. The van der Waals surface area contributed by atoms with Gasteiger partial charge in [-0.1, -0.05) is 25.1 Å². The molecule has 0 radical (unpaired) electrons. The summed E-state index contributed by atoms with van der Waals surface area (Å²) in [5.74, 6) is 2.71. The van der Waals surface area contributed by atoms with E-state index < -0.39 is 0 Å². The lowest BCUT2D eigenvalue weighted by Gasteiger charge is -2.29. The highest BCUT2D eigenvalue weighted by molar-refractivity contribution is 5.37. The lowest BCUT2D eigenvalue weighted by atomic mass is 9.84. The SMILES string of the molecule is CC(C(O)CC1CCOc2ccccc21)C1CC1. The molecule has 1 saturated carbocycles. The average molecular weight is 246 g/mol. The molecule has 0 amide bonds. The van der Waals surface area contributed by atoms with Crippen LogP contribution in [0.3, 0.4) is 0 Å². The number of hydrogen-bond donors (Lipinski definition) is 1. The normalized spacial score (nSPS) is 26.0. The Balaban J connectivity index is 1.69. The van der Waals surface area contributed by atoms with Crippen LogP contribution in [0.15, 0.2) is 24.3 Å². The maximum atomic E-state index is 10.4. The van der Waals surface area contributed by atoms with E-state index in [1.54, 1.807) is 0 Å². The second kappa shape index (κ2) is 4.93. The van der Waals surface area contributed by atoms with Crippen molar-refractivity contribution in [1.82, 2.24) is 0 Å². The van der Waals surface area contributed by atoms with Crippen LogP contribution in [0.25, 0.3) is 0 Å². The van der Waals surface area contributed by atoms with Gasteiger partial charge in [0.2, 0.25) is 0 Å². The summed E-state index contributed by atoms with van der Waals surface area (Å²) in [4.78, 5) is 0. The zero-order valence-electron chi connectivity index (χ0n) is 11.0. The van der Waals surface area contributed by atoms with Crippen molar-refractivity contribution in [3.63, 3.8) is 0 Å². The molecule has 98 valence electrons. The number of para-hydroxylation sites is 1. The standard InChI is InChI=1S/C16H22O2/c1-11(12-6-7-12)15(17)10-13-8-9-18-16-5-3-2-4-14(13)16/h2-5,11-13,15,17H,6-10H2,1H3. The van der Waals surface area contributed by atoms with E-state index in [1.807, 2.05) is 12.1 Å². The maximum absolute atomic E-state index is 10.4. The summed E-state index contributed by atoms with van der Waals surface area (Å²) in [7, 11) is 0. The van der Waals surface area contributed by atoms with Gasteiger partial charge in [-0.25, -0.2) is 0 Å². The molecule has 0 spiro atoms. The van der Waals surface area contributed by atoms with Gasteiger partial charge >= 0.3 is 0 Å². The lowest BCUT2D eigenvalue weighted by molar-refractivity contribution is 0.0832. The highest BCUT2D eigenvalue weighted by Crippen LogP contribution is 2.42. The van der Waals surface area contributed by atoms with Crippen LogP contribution in [0.4, 0.5) is 0 Å². The Bertz CT molecular complexity index is 411. The van der Waals surface area contributed by atoms with Gasteiger partial charge in [-0.05, 0) is 55.1 Å². The van der Waals surface area contributed by atoms with Crippen LogP contribution >= 0.6 is 0 Å². The first-order chi connectivity index (χ1) is 8.75. The van der Waals surface area contributed by atoms with E-state index in [0.717, 1.165) is 31.1 Å². The van der Waals surface area contributed by atoms with Crippen LogP contribution in [0.5, 0.6) is 5.75 Å². The Kier molecular flexibility index (Phi) is 3.29. The second-order valence-electron chi connectivity index (χ2n) is 5.87. The van der Waals surface area contributed by atoms with Crippen LogP contribution in [-0.2, 0) is 0 Å². The molecule has 1 aliphatic carbocycles. The van der Waals surface area contributed by atoms with Gasteiger partial charge in [0, 0.05) is 0 Å². The minimum atomic E-state index is -0.159. The number of aliphatic hydroxyl groups is 1. The maximum Gasteiger partial charge on any atom is 0.122 e. The molecule has 3 unspecified atom stereocenters. The van der Waals surface area contributed by atoms with Crippen molar-refractivity contribution in [2.75, 3.05) is 6.61 Å². The number of hydrogen-bond acceptors (Lipinski definition) is 2. The van der Waals surface area contributed by atoms with Crippen LogP contribution in [0.1, 0.15) is 44.1 Å². The molecule has 3 atom stereocenters. The summed E-state index contributed by atoms with van der Waals surface area (Å²) in [5, 5.41) is 10.4. The monoisotopic (exact) mass is 246 g/mol. The fourth-order valence-corrected chi connectivity index (χ4v) is 3.10. The molecule has 18 heavy (non-hydrogen) atoms. The quantitative estimate of drug-likeness (QED) is 0.882. The van der Waals surface area contributed by atoms with Gasteiger partial charge in [0.25, 0.3) is 0 Å². The highest BCUT2D eigenvalue weighted by atomic mass is 16.5. The highest BCUT2D eigenvalue weighted by Gasteiger charge is 2.34. The number of rotatable bonds is 4. The molecule has 1 fully saturated rings. The van der Waals surface area contributed by atoms with Crippen LogP contribution in [-0.4, -0.2) is 17.8 Å². The van der Waals surface area contributed by atoms with Gasteiger partial charge in [0.15, 0.2) is 0 Å². The molecule has 1 N–H and O–H groups in total. The van der Waals surface area contributed by atoms with E-state index in [1.165, 1.54) is 18.4 Å². The molecule has 0 saturated heterocycles. The van der Waals surface area contributed by atoms with Gasteiger partial charge in [0.1, 0.15) is 5.75 Å². The summed E-state index contributed by atoms with van der Waals surface area (Å²) in [6.07, 6.45) is 4.38. The number of benzene rings is 1. The first-order valence-electron chi connectivity index (χ1n) is 7.15. The largest absolute Gasteiger partial charge is 0.493 e. The van der Waals surface area contributed by atoms with Crippen LogP contribution < -0.4 is 4.74 Å². The van der Waals surface area contributed by atoms with Crippen molar-refractivity contribution in [3.8, 4) is 5.75 Å². The molecule has 0 bridgehead atoms.